The van der Waals surface area contributed by atoms with Crippen LogP contribution >= 0.6 is 0 Å². The second kappa shape index (κ2) is 7.60. The predicted molar refractivity (Wildman–Crippen MR) is 70.6 cm³/mol. The molecule has 0 spiro atoms. The van der Waals surface area contributed by atoms with E-state index in [0.717, 1.165) is 0 Å². The summed E-state index contributed by atoms with van der Waals surface area (Å²) in [5.41, 5.74) is 0.919. The molecular weight excluding hydrogens is 283 g/mol. The summed E-state index contributed by atoms with van der Waals surface area (Å²) < 4.78 is 42.3. The molecule has 112 valence electrons. The summed E-state index contributed by atoms with van der Waals surface area (Å²) in [6.45, 7) is 3.60. The maximum absolute atomic E-state index is 12.4. The molecule has 0 saturated carbocycles. The lowest BCUT2D eigenvalue weighted by molar-refractivity contribution is -0.171. The van der Waals surface area contributed by atoms with Gasteiger partial charge in [0.15, 0.2) is 0 Å². The van der Waals surface area contributed by atoms with E-state index in [-0.39, 0.29) is 13.2 Å². The molecule has 21 heavy (non-hydrogen) atoms. The third-order valence-electron chi connectivity index (χ3n) is 2.81. The summed E-state index contributed by atoms with van der Waals surface area (Å²) in [7, 11) is 0. The van der Waals surface area contributed by atoms with Gasteiger partial charge in [-0.3, -0.25) is 4.79 Å². The highest BCUT2D eigenvalue weighted by Crippen LogP contribution is 2.27. The molecule has 0 aromatic heterocycles. The largest absolute Gasteiger partial charge is 0.449 e. The van der Waals surface area contributed by atoms with Gasteiger partial charge in [0.1, 0.15) is 0 Å². The third-order valence-corrected chi connectivity index (χ3v) is 2.81. The number of alkyl halides is 3. The van der Waals surface area contributed by atoms with E-state index >= 15 is 0 Å². The molecule has 0 radical (unpaired) electrons. The molecule has 6 heteroatoms. The van der Waals surface area contributed by atoms with Crippen molar-refractivity contribution < 1.29 is 22.7 Å². The van der Waals surface area contributed by atoms with Crippen LogP contribution in [0.4, 0.5) is 13.2 Å². The molecule has 0 bridgehead atoms. The number of hydrogen-bond acceptors (Lipinski definition) is 3. The number of rotatable bonds is 7. The second-order valence-electron chi connectivity index (χ2n) is 4.38. The molecule has 0 aliphatic heterocycles. The summed E-state index contributed by atoms with van der Waals surface area (Å²) >= 11 is 0. The van der Waals surface area contributed by atoms with Gasteiger partial charge in [0.05, 0.1) is 24.8 Å². The number of benzene rings is 1. The Labute approximate surface area is 120 Å². The van der Waals surface area contributed by atoms with Crippen LogP contribution < -0.4 is 0 Å². The molecule has 1 atom stereocenters. The van der Waals surface area contributed by atoms with Gasteiger partial charge in [0.25, 0.3) is 0 Å². The first kappa shape index (κ1) is 16.9. The summed E-state index contributed by atoms with van der Waals surface area (Å²) in [5, 5.41) is 8.70. The minimum absolute atomic E-state index is 0.0280. The van der Waals surface area contributed by atoms with E-state index in [0.29, 0.717) is 11.1 Å². The maximum atomic E-state index is 12.4. The molecule has 0 aliphatic rings. The van der Waals surface area contributed by atoms with Crippen molar-refractivity contribution in [1.29, 1.82) is 5.26 Å². The highest BCUT2D eigenvalue weighted by Gasteiger charge is 2.39. The van der Waals surface area contributed by atoms with E-state index in [9.17, 15) is 18.0 Å². The fraction of sp³-hybridized carbons (Fsp3) is 0.333. The Bertz CT molecular complexity index is 529. The first-order valence-electron chi connectivity index (χ1n) is 6.17. The Morgan fingerprint density at radius 2 is 2.00 bits per heavy atom. The number of halogens is 3. The van der Waals surface area contributed by atoms with Gasteiger partial charge in [0.2, 0.25) is 5.78 Å². The van der Waals surface area contributed by atoms with Crippen LogP contribution in [0.15, 0.2) is 36.9 Å². The van der Waals surface area contributed by atoms with Crippen LogP contribution in [-0.4, -0.2) is 25.2 Å². The Kier molecular flexibility index (Phi) is 6.12. The number of ketones is 1. The average Bonchev–Trinajstić information content (AvgIpc) is 2.45. The second-order valence-corrected chi connectivity index (χ2v) is 4.38. The quantitative estimate of drug-likeness (QED) is 0.572. The van der Waals surface area contributed by atoms with Crippen molar-refractivity contribution in [3.8, 4) is 6.07 Å². The molecule has 0 aliphatic carbocycles. The highest BCUT2D eigenvalue weighted by molar-refractivity contribution is 5.84. The zero-order chi connectivity index (χ0) is 15.9. The summed E-state index contributed by atoms with van der Waals surface area (Å²) in [5.74, 6) is -2.51. The number of hydrogen-bond donors (Lipinski definition) is 0. The molecule has 0 heterocycles. The van der Waals surface area contributed by atoms with Gasteiger partial charge in [-0.25, -0.2) is 0 Å². The fourth-order valence-electron chi connectivity index (χ4n) is 1.74. The van der Waals surface area contributed by atoms with Crippen molar-refractivity contribution in [3.05, 3.63) is 48.0 Å². The van der Waals surface area contributed by atoms with E-state index in [1.165, 1.54) is 30.3 Å². The fourth-order valence-corrected chi connectivity index (χ4v) is 1.74. The Morgan fingerprint density at radius 1 is 1.38 bits per heavy atom. The molecule has 0 amide bonds. The van der Waals surface area contributed by atoms with Crippen LogP contribution in [0.3, 0.4) is 0 Å². The van der Waals surface area contributed by atoms with Crippen LogP contribution in [0, 0.1) is 11.3 Å². The molecular formula is C15H14F3NO2. The predicted octanol–water partition coefficient (Wildman–Crippen LogP) is 3.37. The smallest absolute Gasteiger partial charge is 0.377 e. The molecule has 1 aromatic rings. The number of carbonyl (C=O) groups is 1. The van der Waals surface area contributed by atoms with E-state index in [4.69, 9.17) is 10.00 Å². The SMILES string of the molecule is C=CCOC[C@H](CC(=O)C(F)(F)F)c1ccc(C#N)cc1. The lowest BCUT2D eigenvalue weighted by Gasteiger charge is -2.17. The molecule has 1 aromatic carbocycles. The number of Topliss-reactive ketones (excluding diaryl/α,β-unsaturated/α-hetero) is 1. The maximum Gasteiger partial charge on any atom is 0.449 e. The summed E-state index contributed by atoms with van der Waals surface area (Å²) in [4.78, 5) is 11.2. The molecule has 0 saturated heterocycles. The third kappa shape index (κ3) is 5.40. The number of nitriles is 1. The minimum atomic E-state index is -4.86. The van der Waals surface area contributed by atoms with Crippen molar-refractivity contribution in [2.75, 3.05) is 13.2 Å². The van der Waals surface area contributed by atoms with Crippen molar-refractivity contribution >= 4 is 5.78 Å². The van der Waals surface area contributed by atoms with Gasteiger partial charge in [-0.15, -0.1) is 6.58 Å². The van der Waals surface area contributed by atoms with Crippen molar-refractivity contribution in [3.63, 3.8) is 0 Å². The van der Waals surface area contributed by atoms with Gasteiger partial charge in [-0.05, 0) is 17.7 Å². The van der Waals surface area contributed by atoms with Crippen LogP contribution in [0.5, 0.6) is 0 Å². The van der Waals surface area contributed by atoms with Crippen LogP contribution in [-0.2, 0) is 9.53 Å². The van der Waals surface area contributed by atoms with Gasteiger partial charge < -0.3 is 4.74 Å². The van der Waals surface area contributed by atoms with E-state index in [2.05, 4.69) is 6.58 Å². The Hall–Kier alpha value is -2.13. The van der Waals surface area contributed by atoms with Gasteiger partial charge in [-0.1, -0.05) is 18.2 Å². The van der Waals surface area contributed by atoms with Gasteiger partial charge in [-0.2, -0.15) is 18.4 Å². The van der Waals surface area contributed by atoms with Crippen LogP contribution in [0.1, 0.15) is 23.5 Å². The van der Waals surface area contributed by atoms with Crippen LogP contribution in [0.2, 0.25) is 0 Å². The van der Waals surface area contributed by atoms with E-state index < -0.39 is 24.3 Å². The molecule has 0 fully saturated rings. The van der Waals surface area contributed by atoms with Gasteiger partial charge >= 0.3 is 6.18 Å². The molecule has 0 N–H and O–H groups in total. The molecule has 1 rings (SSSR count). The zero-order valence-corrected chi connectivity index (χ0v) is 11.2. The Balaban J connectivity index is 2.87. The normalized spacial score (nSPS) is 12.5. The lowest BCUT2D eigenvalue weighted by Crippen LogP contribution is -2.26. The van der Waals surface area contributed by atoms with Crippen molar-refractivity contribution in [2.24, 2.45) is 0 Å². The van der Waals surface area contributed by atoms with Gasteiger partial charge in [0, 0.05) is 12.3 Å². The first-order valence-corrected chi connectivity index (χ1v) is 6.17. The number of carbonyl (C=O) groups excluding carboxylic acids is 1. The molecule has 3 nitrogen and oxygen atoms in total. The standard InChI is InChI=1S/C15H14F3NO2/c1-2-7-21-10-13(8-14(20)15(16,17)18)12-5-3-11(9-19)4-6-12/h2-6,13H,1,7-8,10H2/t13-/m0/s1. The number of ether oxygens (including phenoxy) is 1. The van der Waals surface area contributed by atoms with E-state index in [1.54, 1.807) is 0 Å². The van der Waals surface area contributed by atoms with E-state index in [1.807, 2.05) is 6.07 Å². The van der Waals surface area contributed by atoms with Crippen molar-refractivity contribution in [1.82, 2.24) is 0 Å². The summed E-state index contributed by atoms with van der Waals surface area (Å²) in [6.07, 6.45) is -4.07. The zero-order valence-electron chi connectivity index (χ0n) is 11.2. The average molecular weight is 297 g/mol. The van der Waals surface area contributed by atoms with Crippen molar-refractivity contribution in [2.45, 2.75) is 18.5 Å². The Morgan fingerprint density at radius 3 is 2.48 bits per heavy atom. The first-order chi connectivity index (χ1) is 9.88. The topological polar surface area (TPSA) is 50.1 Å². The minimum Gasteiger partial charge on any atom is -0.377 e. The highest BCUT2D eigenvalue weighted by atomic mass is 19.4. The lowest BCUT2D eigenvalue weighted by atomic mass is 9.93. The molecule has 0 unspecified atom stereocenters. The number of nitrogens with zero attached hydrogens (tertiary/aromatic N) is 1. The monoisotopic (exact) mass is 297 g/mol. The van der Waals surface area contributed by atoms with Crippen LogP contribution in [0.25, 0.3) is 0 Å². The summed E-state index contributed by atoms with van der Waals surface area (Å²) in [6, 6.07) is 7.97.